The van der Waals surface area contributed by atoms with Crippen molar-refractivity contribution in [1.82, 2.24) is 0 Å². The van der Waals surface area contributed by atoms with Gasteiger partial charge in [0.25, 0.3) is 0 Å². The van der Waals surface area contributed by atoms with E-state index >= 15 is 0 Å². The standard InChI is InChI=1S/C15H18ClINO2.Mo/c1-11(17)12-8-13(10-19)15(16)14(9-12)18-4-2-6-20-7-3-5-18;/h8-9,11H,2-7H2,1H3;/q-1;+2. The van der Waals surface area contributed by atoms with Crippen LogP contribution in [0.2, 0.25) is 5.02 Å². The average molecular weight is 503 g/mol. The molecule has 3 nitrogen and oxygen atoms in total. The molecule has 1 aliphatic rings. The zero-order valence-corrected chi connectivity index (χ0v) is 16.8. The number of benzene rings is 1. The van der Waals surface area contributed by atoms with Gasteiger partial charge in [0.1, 0.15) is 0 Å². The Morgan fingerprint density at radius 1 is 1.33 bits per heavy atom. The van der Waals surface area contributed by atoms with Gasteiger partial charge in [-0.05, 0) is 23.6 Å². The Balaban J connectivity index is 0.00000220. The van der Waals surface area contributed by atoms with Gasteiger partial charge in [-0.3, -0.25) is 0 Å². The maximum absolute atomic E-state index is 11.1. The van der Waals surface area contributed by atoms with Crippen molar-refractivity contribution in [2.75, 3.05) is 31.2 Å². The maximum atomic E-state index is 11.1. The summed E-state index contributed by atoms with van der Waals surface area (Å²) >= 11 is 8.72. The third kappa shape index (κ3) is 5.19. The molecular formula is C15H18ClIMoNO2+. The summed E-state index contributed by atoms with van der Waals surface area (Å²) in [6.07, 6.45) is 3.91. The van der Waals surface area contributed by atoms with E-state index in [2.05, 4.69) is 40.5 Å². The fraction of sp³-hybridized carbons (Fsp3) is 0.533. The van der Waals surface area contributed by atoms with E-state index in [4.69, 9.17) is 16.3 Å². The molecule has 2 rings (SSSR count). The van der Waals surface area contributed by atoms with Crippen LogP contribution in [0.1, 0.15) is 34.8 Å². The molecule has 1 heterocycles. The van der Waals surface area contributed by atoms with E-state index in [0.717, 1.165) is 50.4 Å². The second-order valence-electron chi connectivity index (χ2n) is 4.93. The Kier molecular flexibility index (Phi) is 8.77. The molecule has 0 N–H and O–H groups in total. The first-order valence-corrected chi connectivity index (χ1v) is 8.44. The maximum Gasteiger partial charge on any atom is 2.00 e. The van der Waals surface area contributed by atoms with Crippen LogP contribution in [0.3, 0.4) is 0 Å². The minimum Gasteiger partial charge on any atom is -0.381 e. The van der Waals surface area contributed by atoms with Crippen LogP contribution < -0.4 is 4.90 Å². The van der Waals surface area contributed by atoms with E-state index in [1.165, 1.54) is 0 Å². The smallest absolute Gasteiger partial charge is 0.381 e. The first kappa shape index (κ1) is 19.4. The number of hydrogen-bond donors (Lipinski definition) is 0. The minimum atomic E-state index is 0. The van der Waals surface area contributed by atoms with Crippen molar-refractivity contribution >= 4 is 46.2 Å². The van der Waals surface area contributed by atoms with Crippen molar-refractivity contribution in [3.63, 3.8) is 0 Å². The number of nitrogens with zero attached hydrogens (tertiary/aromatic N) is 1. The van der Waals surface area contributed by atoms with Crippen molar-refractivity contribution in [3.05, 3.63) is 28.3 Å². The number of rotatable bonds is 3. The molecule has 1 aliphatic heterocycles. The van der Waals surface area contributed by atoms with Gasteiger partial charge >= 0.3 is 21.1 Å². The largest absolute Gasteiger partial charge is 2.00 e. The quantitative estimate of drug-likeness (QED) is 0.272. The van der Waals surface area contributed by atoms with Crippen LogP contribution in [-0.2, 0) is 30.6 Å². The van der Waals surface area contributed by atoms with Gasteiger partial charge in [-0.2, -0.15) is 17.7 Å². The summed E-state index contributed by atoms with van der Waals surface area (Å²) in [6, 6.07) is 3.94. The first-order valence-electron chi connectivity index (χ1n) is 6.82. The zero-order chi connectivity index (χ0) is 14.5. The molecule has 0 aromatic heterocycles. The predicted molar refractivity (Wildman–Crippen MR) is 90.9 cm³/mol. The fourth-order valence-electron chi connectivity index (χ4n) is 2.33. The molecule has 1 fully saturated rings. The number of carbonyl (C=O) groups excluding carboxylic acids is 1. The summed E-state index contributed by atoms with van der Waals surface area (Å²) in [6.45, 7) is 5.46. The van der Waals surface area contributed by atoms with Gasteiger partial charge in [0, 0.05) is 30.2 Å². The van der Waals surface area contributed by atoms with Crippen LogP contribution in [0, 0.1) is 0 Å². The van der Waals surface area contributed by atoms with Crippen molar-refractivity contribution in [1.29, 1.82) is 0 Å². The van der Waals surface area contributed by atoms with Crippen LogP contribution >= 0.6 is 34.2 Å². The zero-order valence-electron chi connectivity index (χ0n) is 11.9. The fourth-order valence-corrected chi connectivity index (χ4v) is 2.96. The number of alkyl halides is 1. The summed E-state index contributed by atoms with van der Waals surface area (Å²) in [5.74, 6) is 0. The van der Waals surface area contributed by atoms with Gasteiger partial charge in [-0.25, -0.2) is 0 Å². The number of anilines is 1. The Morgan fingerprint density at radius 3 is 2.48 bits per heavy atom. The normalized spacial score (nSPS) is 17.4. The topological polar surface area (TPSA) is 29.5 Å². The van der Waals surface area contributed by atoms with Gasteiger partial charge < -0.3 is 14.4 Å². The van der Waals surface area contributed by atoms with Crippen LogP contribution in [0.25, 0.3) is 0 Å². The van der Waals surface area contributed by atoms with E-state index in [1.807, 2.05) is 12.4 Å². The van der Waals surface area contributed by atoms with Crippen molar-refractivity contribution in [3.8, 4) is 0 Å². The third-order valence-electron chi connectivity index (χ3n) is 3.42. The Bertz CT molecular complexity index is 477. The van der Waals surface area contributed by atoms with Crippen LogP contribution in [0.15, 0.2) is 12.1 Å². The second kappa shape index (κ2) is 9.49. The molecule has 114 valence electrons. The predicted octanol–water partition coefficient (Wildman–Crippen LogP) is 3.91. The molecule has 21 heavy (non-hydrogen) atoms. The van der Waals surface area contributed by atoms with Crippen molar-refractivity contribution < 1.29 is 30.6 Å². The van der Waals surface area contributed by atoms with Crippen LogP contribution in [0.4, 0.5) is 5.69 Å². The molecule has 1 aromatic carbocycles. The van der Waals surface area contributed by atoms with Gasteiger partial charge in [0.15, 0.2) is 0 Å². The monoisotopic (exact) mass is 504 g/mol. The van der Waals surface area contributed by atoms with E-state index in [-0.39, 0.29) is 21.1 Å². The summed E-state index contributed by atoms with van der Waals surface area (Å²) in [5, 5.41) is 0.516. The Hall–Kier alpha value is 0.358. The summed E-state index contributed by atoms with van der Waals surface area (Å²) in [5.41, 5.74) is 2.52. The van der Waals surface area contributed by atoms with Crippen LogP contribution in [0.5, 0.6) is 0 Å². The number of ether oxygens (including phenoxy) is 1. The molecule has 1 saturated heterocycles. The molecule has 0 bridgehead atoms. The van der Waals surface area contributed by atoms with Gasteiger partial charge in [0.05, 0.1) is 6.29 Å². The SMILES string of the molecule is CC(I)c1cc([C-]=O)c(Cl)c(N2CCCOCCC2)c1.[Mo+2]. The third-order valence-corrected chi connectivity index (χ3v) is 4.54. The van der Waals surface area contributed by atoms with Crippen molar-refractivity contribution in [2.45, 2.75) is 23.7 Å². The average Bonchev–Trinajstić information content (AvgIpc) is 2.39. The molecule has 0 amide bonds. The summed E-state index contributed by atoms with van der Waals surface area (Å²) in [7, 11) is 0. The molecular weight excluding hydrogens is 484 g/mol. The van der Waals surface area contributed by atoms with Crippen LogP contribution in [-0.4, -0.2) is 32.6 Å². The Morgan fingerprint density at radius 2 is 1.95 bits per heavy atom. The molecule has 1 unspecified atom stereocenters. The van der Waals surface area contributed by atoms with E-state index in [1.54, 1.807) is 0 Å². The molecule has 0 aliphatic carbocycles. The molecule has 1 aromatic rings. The summed E-state index contributed by atoms with van der Waals surface area (Å²) < 4.78 is 5.80. The van der Waals surface area contributed by atoms with Gasteiger partial charge in [0.2, 0.25) is 0 Å². The molecule has 1 atom stereocenters. The molecule has 0 radical (unpaired) electrons. The Labute approximate surface area is 159 Å². The first-order chi connectivity index (χ1) is 9.63. The van der Waals surface area contributed by atoms with E-state index in [9.17, 15) is 4.79 Å². The molecule has 6 heteroatoms. The van der Waals surface area contributed by atoms with E-state index < -0.39 is 0 Å². The number of halogens is 2. The van der Waals surface area contributed by atoms with Gasteiger partial charge in [-0.1, -0.05) is 41.1 Å². The summed E-state index contributed by atoms with van der Waals surface area (Å²) in [4.78, 5) is 13.4. The molecule has 0 saturated carbocycles. The van der Waals surface area contributed by atoms with Gasteiger partial charge in [-0.15, -0.1) is 5.56 Å². The number of hydrogen-bond acceptors (Lipinski definition) is 3. The van der Waals surface area contributed by atoms with Crippen molar-refractivity contribution in [2.24, 2.45) is 0 Å². The van der Waals surface area contributed by atoms with E-state index in [0.29, 0.717) is 14.5 Å². The minimum absolute atomic E-state index is 0. The second-order valence-corrected chi connectivity index (χ2v) is 7.17. The molecule has 0 spiro atoms.